The molecule has 0 aromatic rings. The predicted molar refractivity (Wildman–Crippen MR) is 91.5 cm³/mol. The number of Topliss-reactive ketones (excluding diaryl/α,β-unsaturated/α-hetero) is 1. The van der Waals surface area contributed by atoms with Crippen LogP contribution in [0.4, 0.5) is 0 Å². The van der Waals surface area contributed by atoms with Gasteiger partial charge in [0.15, 0.2) is 5.78 Å². The van der Waals surface area contributed by atoms with Crippen LogP contribution in [0.2, 0.25) is 0 Å². The Morgan fingerprint density at radius 3 is 2.27 bits per heavy atom. The van der Waals surface area contributed by atoms with Crippen molar-refractivity contribution in [1.82, 2.24) is 10.6 Å². The number of carbonyl (C=O) groups is 5. The summed E-state index contributed by atoms with van der Waals surface area (Å²) in [6, 6.07) is -2.27. The molecule has 12 heteroatoms. The molecule has 0 aliphatic carbocycles. The van der Waals surface area contributed by atoms with E-state index < -0.39 is 49.0 Å². The number of aliphatic hydroxyl groups is 1. The molecule has 0 rings (SSSR count). The molecule has 0 aliphatic rings. The van der Waals surface area contributed by atoms with E-state index in [1.165, 1.54) is 11.8 Å². The second-order valence-corrected chi connectivity index (χ2v) is 6.39. The van der Waals surface area contributed by atoms with Gasteiger partial charge in [-0.2, -0.15) is 11.8 Å². The molecule has 0 saturated heterocycles. The van der Waals surface area contributed by atoms with Crippen molar-refractivity contribution < 1.29 is 39.3 Å². The molecule has 0 fully saturated rings. The molecule has 0 aromatic carbocycles. The zero-order valence-electron chi connectivity index (χ0n) is 14.0. The van der Waals surface area contributed by atoms with Crippen LogP contribution in [0, 0.1) is 0 Å². The molecule has 0 spiro atoms. The number of nitrogens with two attached hydrogens (primary N) is 1. The Bertz CT molecular complexity index is 528. The smallest absolute Gasteiger partial charge is 0.322 e. The minimum atomic E-state index is -1.25. The number of aliphatic carboxylic acids is 2. The van der Waals surface area contributed by atoms with E-state index in [0.717, 1.165) is 0 Å². The number of carboxylic acid groups (broad SMARTS) is 2. The quantitative estimate of drug-likeness (QED) is 0.172. The minimum Gasteiger partial charge on any atom is -0.480 e. The van der Waals surface area contributed by atoms with Gasteiger partial charge in [0, 0.05) is 24.3 Å². The molecule has 0 aliphatic heterocycles. The lowest BCUT2D eigenvalue weighted by atomic mass is 10.1. The van der Waals surface area contributed by atoms with E-state index in [-0.39, 0.29) is 30.8 Å². The van der Waals surface area contributed by atoms with E-state index >= 15 is 0 Å². The third kappa shape index (κ3) is 11.4. The lowest BCUT2D eigenvalue weighted by Crippen LogP contribution is -2.49. The fraction of sp³-hybridized carbons (Fsp3) is 0.643. The van der Waals surface area contributed by atoms with Crippen molar-refractivity contribution in [1.29, 1.82) is 0 Å². The summed E-state index contributed by atoms with van der Waals surface area (Å²) in [5, 5.41) is 30.4. The van der Waals surface area contributed by atoms with Gasteiger partial charge in [0.1, 0.15) is 25.2 Å². The van der Waals surface area contributed by atoms with Gasteiger partial charge in [-0.05, 0) is 6.42 Å². The van der Waals surface area contributed by atoms with Crippen molar-refractivity contribution in [2.24, 2.45) is 5.73 Å². The van der Waals surface area contributed by atoms with Crippen LogP contribution < -0.4 is 16.4 Å². The van der Waals surface area contributed by atoms with E-state index in [1.54, 1.807) is 0 Å². The number of carbonyl (C=O) groups excluding carboxylic acids is 3. The number of hydrogen-bond acceptors (Lipinski definition) is 8. The first-order valence-corrected chi connectivity index (χ1v) is 8.80. The molecule has 148 valence electrons. The van der Waals surface area contributed by atoms with Gasteiger partial charge < -0.3 is 31.7 Å². The third-order valence-corrected chi connectivity index (χ3v) is 4.11. The van der Waals surface area contributed by atoms with Gasteiger partial charge >= 0.3 is 11.9 Å². The van der Waals surface area contributed by atoms with Crippen LogP contribution in [0.3, 0.4) is 0 Å². The number of hydrogen-bond donors (Lipinski definition) is 6. The van der Waals surface area contributed by atoms with Crippen molar-refractivity contribution in [2.75, 3.05) is 24.7 Å². The molecule has 0 radical (unpaired) electrons. The van der Waals surface area contributed by atoms with Gasteiger partial charge in [-0.1, -0.05) is 0 Å². The highest BCUT2D eigenvalue weighted by molar-refractivity contribution is 7.99. The summed E-state index contributed by atoms with van der Waals surface area (Å²) in [6.07, 6.45) is -0.251. The molecule has 7 N–H and O–H groups in total. The van der Waals surface area contributed by atoms with Gasteiger partial charge in [-0.15, -0.1) is 0 Å². The van der Waals surface area contributed by atoms with E-state index in [4.69, 9.17) is 21.1 Å². The van der Waals surface area contributed by atoms with Crippen LogP contribution in [0.25, 0.3) is 0 Å². The lowest BCUT2D eigenvalue weighted by molar-refractivity contribution is -0.139. The standard InChI is InChI=1S/C14H23N3O8S/c15-9(14(24)25)1-2-11(20)17-10(13(23)16-5-12(21)22)7-26-4-3-8(19)6-18/h9-10,18H,1-7,15H2,(H,16,23)(H,17,20)(H,21,22)(H,24,25). The maximum absolute atomic E-state index is 12.0. The van der Waals surface area contributed by atoms with E-state index in [2.05, 4.69) is 10.6 Å². The number of rotatable bonds is 14. The van der Waals surface area contributed by atoms with Crippen LogP contribution in [0.5, 0.6) is 0 Å². The second-order valence-electron chi connectivity index (χ2n) is 5.24. The largest absolute Gasteiger partial charge is 0.480 e. The molecule has 0 heterocycles. The number of ketones is 1. The molecule has 0 saturated carbocycles. The van der Waals surface area contributed by atoms with E-state index in [0.29, 0.717) is 5.75 Å². The highest BCUT2D eigenvalue weighted by Crippen LogP contribution is 2.07. The van der Waals surface area contributed by atoms with E-state index in [9.17, 15) is 24.0 Å². The number of amides is 2. The fourth-order valence-electron chi connectivity index (χ4n) is 1.61. The van der Waals surface area contributed by atoms with Crippen LogP contribution in [-0.4, -0.2) is 81.6 Å². The Morgan fingerprint density at radius 1 is 1.08 bits per heavy atom. The Balaban J connectivity index is 4.57. The van der Waals surface area contributed by atoms with Gasteiger partial charge in [-0.3, -0.25) is 24.0 Å². The highest BCUT2D eigenvalue weighted by atomic mass is 32.2. The van der Waals surface area contributed by atoms with Crippen molar-refractivity contribution >= 4 is 41.3 Å². The summed E-state index contributed by atoms with van der Waals surface area (Å²) in [4.78, 5) is 56.0. The Hall–Kier alpha value is -2.18. The van der Waals surface area contributed by atoms with Gasteiger partial charge in [-0.25, -0.2) is 0 Å². The van der Waals surface area contributed by atoms with Crippen molar-refractivity contribution in [3.05, 3.63) is 0 Å². The molecule has 26 heavy (non-hydrogen) atoms. The summed E-state index contributed by atoms with van der Waals surface area (Å²) in [7, 11) is 0. The van der Waals surface area contributed by atoms with Crippen molar-refractivity contribution in [3.63, 3.8) is 0 Å². The highest BCUT2D eigenvalue weighted by Gasteiger charge is 2.22. The molecule has 2 unspecified atom stereocenters. The van der Waals surface area contributed by atoms with Crippen LogP contribution in [0.15, 0.2) is 0 Å². The number of aliphatic hydroxyl groups excluding tert-OH is 1. The number of carboxylic acids is 2. The Kier molecular flexibility index (Phi) is 12.0. The normalized spacial score (nSPS) is 12.7. The predicted octanol–water partition coefficient (Wildman–Crippen LogP) is -2.45. The van der Waals surface area contributed by atoms with Crippen molar-refractivity contribution in [3.8, 4) is 0 Å². The number of thioether (sulfide) groups is 1. The lowest BCUT2D eigenvalue weighted by Gasteiger charge is -2.18. The summed E-state index contributed by atoms with van der Waals surface area (Å²) >= 11 is 1.17. The van der Waals surface area contributed by atoms with E-state index in [1.807, 2.05) is 0 Å². The SMILES string of the molecule is NC(CCC(=O)NC(CSCCC(=O)CO)C(=O)NCC(=O)O)C(=O)O. The molecular weight excluding hydrogens is 370 g/mol. The summed E-state index contributed by atoms with van der Waals surface area (Å²) in [5.74, 6) is -3.82. The average molecular weight is 393 g/mol. The fourth-order valence-corrected chi connectivity index (χ4v) is 2.62. The maximum atomic E-state index is 12.0. The first-order chi connectivity index (χ1) is 12.2. The average Bonchev–Trinajstić information content (AvgIpc) is 2.59. The Labute approximate surface area is 153 Å². The monoisotopic (exact) mass is 393 g/mol. The first-order valence-electron chi connectivity index (χ1n) is 7.65. The summed E-state index contributed by atoms with van der Waals surface area (Å²) < 4.78 is 0. The van der Waals surface area contributed by atoms with Gasteiger partial charge in [0.05, 0.1) is 0 Å². The second kappa shape index (κ2) is 13.1. The van der Waals surface area contributed by atoms with Crippen LogP contribution in [-0.2, 0) is 24.0 Å². The van der Waals surface area contributed by atoms with Gasteiger partial charge in [0.25, 0.3) is 0 Å². The molecule has 11 nitrogen and oxygen atoms in total. The zero-order chi connectivity index (χ0) is 20.1. The third-order valence-electron chi connectivity index (χ3n) is 3.05. The topological polar surface area (TPSA) is 196 Å². The molecule has 2 amide bonds. The van der Waals surface area contributed by atoms with Crippen LogP contribution >= 0.6 is 11.8 Å². The van der Waals surface area contributed by atoms with Crippen molar-refractivity contribution in [2.45, 2.75) is 31.3 Å². The summed E-state index contributed by atoms with van der Waals surface area (Å²) in [6.45, 7) is -1.20. The van der Waals surface area contributed by atoms with Crippen LogP contribution in [0.1, 0.15) is 19.3 Å². The number of nitrogens with one attached hydrogen (secondary N) is 2. The first kappa shape index (κ1) is 23.8. The molecule has 2 atom stereocenters. The maximum Gasteiger partial charge on any atom is 0.322 e. The molecular formula is C14H23N3O8S. The minimum absolute atomic E-state index is 0.0703. The Morgan fingerprint density at radius 2 is 1.73 bits per heavy atom. The molecule has 0 aromatic heterocycles. The van der Waals surface area contributed by atoms with Gasteiger partial charge in [0.2, 0.25) is 11.8 Å². The molecule has 0 bridgehead atoms. The summed E-state index contributed by atoms with van der Waals surface area (Å²) in [5.41, 5.74) is 5.30. The zero-order valence-corrected chi connectivity index (χ0v) is 14.8.